The van der Waals surface area contributed by atoms with Crippen LogP contribution in [0.25, 0.3) is 0 Å². The predicted octanol–water partition coefficient (Wildman–Crippen LogP) is 3.00. The van der Waals surface area contributed by atoms with Gasteiger partial charge in [0.2, 0.25) is 0 Å². The van der Waals surface area contributed by atoms with Crippen molar-refractivity contribution in [2.24, 2.45) is 0 Å². The van der Waals surface area contributed by atoms with Crippen molar-refractivity contribution in [2.75, 3.05) is 5.32 Å². The van der Waals surface area contributed by atoms with Crippen molar-refractivity contribution in [3.8, 4) is 0 Å². The van der Waals surface area contributed by atoms with Crippen LogP contribution in [0.4, 0.5) is 5.69 Å². The summed E-state index contributed by atoms with van der Waals surface area (Å²) in [6.45, 7) is 8.42. The maximum absolute atomic E-state index is 11.9. The minimum absolute atomic E-state index is 0.0184. The van der Waals surface area contributed by atoms with Gasteiger partial charge in [-0.05, 0) is 24.6 Å². The molecule has 0 bridgehead atoms. The Hall–Kier alpha value is -2.21. The van der Waals surface area contributed by atoms with Gasteiger partial charge in [0.15, 0.2) is 0 Å². The average molecular weight is 331 g/mol. The van der Waals surface area contributed by atoms with Gasteiger partial charge in [-0.3, -0.25) is 9.59 Å². The van der Waals surface area contributed by atoms with Gasteiger partial charge in [0.1, 0.15) is 0 Å². The van der Waals surface area contributed by atoms with E-state index in [0.717, 1.165) is 16.3 Å². The van der Waals surface area contributed by atoms with E-state index in [4.69, 9.17) is 0 Å². The molecule has 0 saturated heterocycles. The van der Waals surface area contributed by atoms with E-state index >= 15 is 0 Å². The minimum atomic E-state index is -0.679. The molecular formula is C17H21N3O2S. The standard InChI is InChI=1S/C17H21N3O2S/c1-11-6-5-7-12(8-11)19-15(22)14(21)18-9-13-10-23-16(20-13)17(2,3)4/h5-8,10H,9H2,1-4H3,(H,18,21)(H,19,22). The maximum atomic E-state index is 11.9. The molecule has 0 spiro atoms. The van der Waals surface area contributed by atoms with E-state index in [1.54, 1.807) is 23.5 Å². The summed E-state index contributed by atoms with van der Waals surface area (Å²) in [5.74, 6) is -1.35. The van der Waals surface area contributed by atoms with Crippen LogP contribution in [-0.4, -0.2) is 16.8 Å². The molecule has 1 aromatic heterocycles. The Kier molecular flexibility index (Phi) is 5.15. The average Bonchev–Trinajstić information content (AvgIpc) is 2.93. The molecule has 0 atom stereocenters. The number of nitrogens with one attached hydrogen (secondary N) is 2. The minimum Gasteiger partial charge on any atom is -0.342 e. The zero-order valence-corrected chi connectivity index (χ0v) is 14.6. The highest BCUT2D eigenvalue weighted by Gasteiger charge is 2.19. The molecule has 1 heterocycles. The van der Waals surface area contributed by atoms with Crippen LogP contribution in [0.5, 0.6) is 0 Å². The molecule has 23 heavy (non-hydrogen) atoms. The van der Waals surface area contributed by atoms with Crippen molar-refractivity contribution in [3.63, 3.8) is 0 Å². The monoisotopic (exact) mass is 331 g/mol. The highest BCUT2D eigenvalue weighted by atomic mass is 32.1. The van der Waals surface area contributed by atoms with E-state index < -0.39 is 11.8 Å². The Bertz CT molecular complexity index is 717. The van der Waals surface area contributed by atoms with Crippen molar-refractivity contribution >= 4 is 28.8 Å². The first-order chi connectivity index (χ1) is 10.8. The molecule has 0 unspecified atom stereocenters. The van der Waals surface area contributed by atoms with Crippen molar-refractivity contribution in [1.82, 2.24) is 10.3 Å². The predicted molar refractivity (Wildman–Crippen MR) is 92.5 cm³/mol. The van der Waals surface area contributed by atoms with Gasteiger partial charge in [-0.25, -0.2) is 4.98 Å². The first-order valence-corrected chi connectivity index (χ1v) is 8.24. The molecule has 0 fully saturated rings. The van der Waals surface area contributed by atoms with Crippen LogP contribution >= 0.6 is 11.3 Å². The fourth-order valence-electron chi connectivity index (χ4n) is 1.89. The number of hydrogen-bond donors (Lipinski definition) is 2. The molecule has 2 amide bonds. The molecule has 0 aliphatic heterocycles. The van der Waals surface area contributed by atoms with Crippen LogP contribution in [-0.2, 0) is 21.5 Å². The van der Waals surface area contributed by atoms with Gasteiger partial charge in [0.25, 0.3) is 0 Å². The fraction of sp³-hybridized carbons (Fsp3) is 0.353. The first-order valence-electron chi connectivity index (χ1n) is 7.36. The lowest BCUT2D eigenvalue weighted by Gasteiger charge is -2.13. The zero-order valence-electron chi connectivity index (χ0n) is 13.8. The zero-order chi connectivity index (χ0) is 17.0. The Morgan fingerprint density at radius 2 is 1.96 bits per heavy atom. The van der Waals surface area contributed by atoms with Crippen LogP contribution in [0, 0.1) is 6.92 Å². The van der Waals surface area contributed by atoms with Gasteiger partial charge in [0, 0.05) is 16.5 Å². The Labute approximate surface area is 140 Å². The number of carbonyl (C=O) groups is 2. The van der Waals surface area contributed by atoms with E-state index in [1.807, 2.05) is 24.4 Å². The third kappa shape index (κ3) is 4.89. The highest BCUT2D eigenvalue weighted by molar-refractivity contribution is 7.09. The second-order valence-corrected chi connectivity index (χ2v) is 7.26. The van der Waals surface area contributed by atoms with E-state index in [0.29, 0.717) is 5.69 Å². The Morgan fingerprint density at radius 1 is 1.22 bits per heavy atom. The number of anilines is 1. The Morgan fingerprint density at radius 3 is 2.57 bits per heavy atom. The van der Waals surface area contributed by atoms with Gasteiger partial charge in [0.05, 0.1) is 17.2 Å². The summed E-state index contributed by atoms with van der Waals surface area (Å²) < 4.78 is 0. The molecule has 5 nitrogen and oxygen atoms in total. The summed E-state index contributed by atoms with van der Waals surface area (Å²) in [4.78, 5) is 28.2. The number of benzene rings is 1. The Balaban J connectivity index is 1.89. The molecule has 0 radical (unpaired) electrons. The number of carbonyl (C=O) groups excluding carboxylic acids is 2. The quantitative estimate of drug-likeness (QED) is 0.849. The molecular weight excluding hydrogens is 310 g/mol. The fourth-order valence-corrected chi connectivity index (χ4v) is 2.80. The van der Waals surface area contributed by atoms with Crippen LogP contribution < -0.4 is 10.6 Å². The highest BCUT2D eigenvalue weighted by Crippen LogP contribution is 2.25. The lowest BCUT2D eigenvalue weighted by molar-refractivity contribution is -0.136. The van der Waals surface area contributed by atoms with E-state index in [9.17, 15) is 9.59 Å². The van der Waals surface area contributed by atoms with Gasteiger partial charge < -0.3 is 10.6 Å². The van der Waals surface area contributed by atoms with Crippen LogP contribution in [0.2, 0.25) is 0 Å². The topological polar surface area (TPSA) is 71.1 Å². The second kappa shape index (κ2) is 6.91. The summed E-state index contributed by atoms with van der Waals surface area (Å²) in [5.41, 5.74) is 2.36. The number of hydrogen-bond acceptors (Lipinski definition) is 4. The number of thiazole rings is 1. The van der Waals surface area contributed by atoms with E-state index in [2.05, 4.69) is 36.4 Å². The van der Waals surface area contributed by atoms with Gasteiger partial charge in [-0.2, -0.15) is 0 Å². The third-order valence-corrected chi connectivity index (χ3v) is 4.42. The number of amides is 2. The SMILES string of the molecule is Cc1cccc(NC(=O)C(=O)NCc2csc(C(C)(C)C)n2)c1. The molecule has 0 saturated carbocycles. The summed E-state index contributed by atoms with van der Waals surface area (Å²) in [7, 11) is 0. The molecule has 6 heteroatoms. The van der Waals surface area contributed by atoms with E-state index in [1.165, 1.54) is 0 Å². The molecule has 0 aliphatic carbocycles. The third-order valence-electron chi connectivity index (χ3n) is 3.11. The summed E-state index contributed by atoms with van der Waals surface area (Å²) >= 11 is 1.56. The first kappa shape index (κ1) is 17.1. The van der Waals surface area contributed by atoms with Crippen molar-refractivity contribution in [1.29, 1.82) is 0 Å². The number of nitrogens with zero attached hydrogens (tertiary/aromatic N) is 1. The number of aromatic nitrogens is 1. The van der Waals surface area contributed by atoms with Gasteiger partial charge in [-0.15, -0.1) is 11.3 Å². The molecule has 122 valence electrons. The number of aryl methyl sites for hydroxylation is 1. The summed E-state index contributed by atoms with van der Waals surface area (Å²) in [5, 5.41) is 8.08. The van der Waals surface area contributed by atoms with Gasteiger partial charge in [-0.1, -0.05) is 32.9 Å². The molecule has 0 aliphatic rings. The lowest BCUT2D eigenvalue weighted by Crippen LogP contribution is -2.35. The lowest BCUT2D eigenvalue weighted by atomic mass is 9.98. The molecule has 2 aromatic rings. The van der Waals surface area contributed by atoms with Crippen LogP contribution in [0.3, 0.4) is 0 Å². The largest absolute Gasteiger partial charge is 0.342 e. The van der Waals surface area contributed by atoms with Crippen LogP contribution in [0.1, 0.15) is 37.0 Å². The summed E-state index contributed by atoms with van der Waals surface area (Å²) in [6, 6.07) is 7.30. The molecule has 2 rings (SSSR count). The van der Waals surface area contributed by atoms with Crippen molar-refractivity contribution in [2.45, 2.75) is 39.7 Å². The van der Waals surface area contributed by atoms with Gasteiger partial charge >= 0.3 is 11.8 Å². The summed E-state index contributed by atoms with van der Waals surface area (Å²) in [6.07, 6.45) is 0. The van der Waals surface area contributed by atoms with E-state index in [-0.39, 0.29) is 12.0 Å². The second-order valence-electron chi connectivity index (χ2n) is 6.40. The van der Waals surface area contributed by atoms with Crippen LogP contribution in [0.15, 0.2) is 29.6 Å². The van der Waals surface area contributed by atoms with Crippen molar-refractivity contribution < 1.29 is 9.59 Å². The molecule has 1 aromatic carbocycles. The van der Waals surface area contributed by atoms with Crippen molar-refractivity contribution in [3.05, 3.63) is 45.9 Å². The number of rotatable bonds is 3. The molecule has 2 N–H and O–H groups in total. The smallest absolute Gasteiger partial charge is 0.313 e. The maximum Gasteiger partial charge on any atom is 0.313 e. The normalized spacial score (nSPS) is 11.1.